The highest BCUT2D eigenvalue weighted by Gasteiger charge is 2.05. The van der Waals surface area contributed by atoms with Crippen LogP contribution in [0.2, 0.25) is 0 Å². The summed E-state index contributed by atoms with van der Waals surface area (Å²) in [6, 6.07) is 14.0. The number of benzene rings is 2. The largest absolute Gasteiger partial charge is 0.497 e. The van der Waals surface area contributed by atoms with Gasteiger partial charge in [-0.3, -0.25) is 9.59 Å². The van der Waals surface area contributed by atoms with Crippen molar-refractivity contribution in [2.45, 2.75) is 13.3 Å². The number of hydrogen-bond donors (Lipinski definition) is 1. The standard InChI is InChI=1S/C20H23NO5/c1-3-19(22)15-4-6-18(7-5-15)26-14-20(23)21-12-13-25-17-10-8-16(24-2)9-11-17/h4-11H,3,12-14H2,1-2H3,(H,21,23). The number of carbonyl (C=O) groups is 2. The lowest BCUT2D eigenvalue weighted by Crippen LogP contribution is -2.32. The highest BCUT2D eigenvalue weighted by Crippen LogP contribution is 2.16. The van der Waals surface area contributed by atoms with E-state index in [2.05, 4.69) is 5.32 Å². The Balaban J connectivity index is 1.64. The van der Waals surface area contributed by atoms with Gasteiger partial charge in [-0.25, -0.2) is 0 Å². The molecule has 0 atom stereocenters. The summed E-state index contributed by atoms with van der Waals surface area (Å²) in [5.41, 5.74) is 0.639. The molecule has 0 unspecified atom stereocenters. The molecule has 1 amide bonds. The van der Waals surface area contributed by atoms with Crippen LogP contribution in [0.3, 0.4) is 0 Å². The minimum atomic E-state index is -0.239. The molecule has 0 bridgehead atoms. The van der Waals surface area contributed by atoms with Gasteiger partial charge < -0.3 is 19.5 Å². The number of ketones is 1. The molecule has 6 nitrogen and oxygen atoms in total. The molecular formula is C20H23NO5. The van der Waals surface area contributed by atoms with Crippen molar-refractivity contribution in [3.05, 3.63) is 54.1 Å². The number of methoxy groups -OCH3 is 1. The molecule has 0 aliphatic carbocycles. The van der Waals surface area contributed by atoms with Crippen LogP contribution < -0.4 is 19.5 Å². The van der Waals surface area contributed by atoms with Crippen molar-refractivity contribution in [2.75, 3.05) is 26.9 Å². The van der Waals surface area contributed by atoms with Crippen LogP contribution in [0.1, 0.15) is 23.7 Å². The number of hydrogen-bond acceptors (Lipinski definition) is 5. The van der Waals surface area contributed by atoms with Gasteiger partial charge in [-0.15, -0.1) is 0 Å². The van der Waals surface area contributed by atoms with Crippen LogP contribution in [-0.4, -0.2) is 38.6 Å². The van der Waals surface area contributed by atoms with Gasteiger partial charge in [-0.1, -0.05) is 6.92 Å². The van der Waals surface area contributed by atoms with E-state index in [4.69, 9.17) is 14.2 Å². The Morgan fingerprint density at radius 2 is 1.46 bits per heavy atom. The second-order valence-electron chi connectivity index (χ2n) is 5.46. The van der Waals surface area contributed by atoms with Gasteiger partial charge in [0.2, 0.25) is 0 Å². The molecule has 2 rings (SSSR count). The highest BCUT2D eigenvalue weighted by atomic mass is 16.5. The molecule has 138 valence electrons. The third-order valence-corrected chi connectivity index (χ3v) is 3.62. The predicted octanol–water partition coefficient (Wildman–Crippen LogP) is 2.86. The van der Waals surface area contributed by atoms with Crippen LogP contribution in [-0.2, 0) is 4.79 Å². The van der Waals surface area contributed by atoms with Crippen LogP contribution in [0.4, 0.5) is 0 Å². The van der Waals surface area contributed by atoms with E-state index < -0.39 is 0 Å². The van der Waals surface area contributed by atoms with Gasteiger partial charge >= 0.3 is 0 Å². The Hall–Kier alpha value is -3.02. The molecule has 0 fully saturated rings. The maximum absolute atomic E-state index is 11.8. The number of rotatable bonds is 10. The smallest absolute Gasteiger partial charge is 0.258 e. The Bertz CT molecular complexity index is 710. The van der Waals surface area contributed by atoms with Crippen LogP contribution in [0.25, 0.3) is 0 Å². The highest BCUT2D eigenvalue weighted by molar-refractivity contribution is 5.95. The van der Waals surface area contributed by atoms with Crippen LogP contribution >= 0.6 is 0 Å². The number of amides is 1. The molecule has 0 aliphatic rings. The molecule has 0 aromatic heterocycles. The molecule has 6 heteroatoms. The third kappa shape index (κ3) is 6.12. The SMILES string of the molecule is CCC(=O)c1ccc(OCC(=O)NCCOc2ccc(OC)cc2)cc1. The first-order valence-electron chi connectivity index (χ1n) is 8.42. The Kier molecular flexibility index (Phi) is 7.49. The summed E-state index contributed by atoms with van der Waals surface area (Å²) in [7, 11) is 1.60. The van der Waals surface area contributed by atoms with Crippen molar-refractivity contribution in [1.82, 2.24) is 5.32 Å². The van der Waals surface area contributed by atoms with Gasteiger partial charge in [0, 0.05) is 12.0 Å². The zero-order chi connectivity index (χ0) is 18.8. The van der Waals surface area contributed by atoms with E-state index in [1.54, 1.807) is 55.6 Å². The number of Topliss-reactive ketones (excluding diaryl/α,β-unsaturated/α-hetero) is 1. The minimum Gasteiger partial charge on any atom is -0.497 e. The Morgan fingerprint density at radius 1 is 0.885 bits per heavy atom. The summed E-state index contributed by atoms with van der Waals surface area (Å²) in [5.74, 6) is 1.85. The van der Waals surface area contributed by atoms with E-state index in [0.717, 1.165) is 5.75 Å². The second kappa shape index (κ2) is 10.1. The van der Waals surface area contributed by atoms with Crippen LogP contribution in [0.5, 0.6) is 17.2 Å². The maximum atomic E-state index is 11.8. The zero-order valence-corrected chi connectivity index (χ0v) is 15.0. The summed E-state index contributed by atoms with van der Waals surface area (Å²) >= 11 is 0. The molecule has 0 aliphatic heterocycles. The molecule has 2 aromatic carbocycles. The quantitative estimate of drug-likeness (QED) is 0.523. The lowest BCUT2D eigenvalue weighted by molar-refractivity contribution is -0.123. The van der Waals surface area contributed by atoms with E-state index >= 15 is 0 Å². The first-order valence-corrected chi connectivity index (χ1v) is 8.42. The molecule has 0 radical (unpaired) electrons. The molecule has 0 saturated carbocycles. The van der Waals surface area contributed by atoms with E-state index in [0.29, 0.717) is 36.6 Å². The first-order chi connectivity index (χ1) is 12.6. The summed E-state index contributed by atoms with van der Waals surface area (Å²) in [4.78, 5) is 23.3. The topological polar surface area (TPSA) is 73.9 Å². The van der Waals surface area contributed by atoms with Crippen molar-refractivity contribution >= 4 is 11.7 Å². The second-order valence-corrected chi connectivity index (χ2v) is 5.46. The van der Waals surface area contributed by atoms with E-state index in [9.17, 15) is 9.59 Å². The minimum absolute atomic E-state index is 0.0751. The Labute approximate surface area is 153 Å². The molecule has 2 aromatic rings. The fourth-order valence-electron chi connectivity index (χ4n) is 2.17. The Morgan fingerprint density at radius 3 is 2.08 bits per heavy atom. The van der Waals surface area contributed by atoms with Crippen molar-refractivity contribution in [3.63, 3.8) is 0 Å². The van der Waals surface area contributed by atoms with Gasteiger partial charge in [-0.05, 0) is 48.5 Å². The molecular weight excluding hydrogens is 334 g/mol. The maximum Gasteiger partial charge on any atom is 0.258 e. The average molecular weight is 357 g/mol. The third-order valence-electron chi connectivity index (χ3n) is 3.62. The van der Waals surface area contributed by atoms with E-state index in [-0.39, 0.29) is 18.3 Å². The first kappa shape index (κ1) is 19.3. The predicted molar refractivity (Wildman–Crippen MR) is 98.1 cm³/mol. The number of ether oxygens (including phenoxy) is 3. The zero-order valence-electron chi connectivity index (χ0n) is 15.0. The molecule has 0 saturated heterocycles. The summed E-state index contributed by atoms with van der Waals surface area (Å²) in [5, 5.41) is 2.72. The van der Waals surface area contributed by atoms with Crippen LogP contribution in [0.15, 0.2) is 48.5 Å². The van der Waals surface area contributed by atoms with Crippen molar-refractivity contribution < 1.29 is 23.8 Å². The average Bonchev–Trinajstić information content (AvgIpc) is 2.70. The summed E-state index contributed by atoms with van der Waals surface area (Å²) in [6.45, 7) is 2.45. The fraction of sp³-hybridized carbons (Fsp3) is 0.300. The number of nitrogens with one attached hydrogen (secondary N) is 1. The normalized spacial score (nSPS) is 10.1. The van der Waals surface area contributed by atoms with Crippen molar-refractivity contribution in [2.24, 2.45) is 0 Å². The van der Waals surface area contributed by atoms with Crippen molar-refractivity contribution in [3.8, 4) is 17.2 Å². The molecule has 0 heterocycles. The summed E-state index contributed by atoms with van der Waals surface area (Å²) < 4.78 is 16.0. The van der Waals surface area contributed by atoms with Gasteiger partial charge in [0.1, 0.15) is 23.9 Å². The van der Waals surface area contributed by atoms with E-state index in [1.807, 2.05) is 6.92 Å². The summed E-state index contributed by atoms with van der Waals surface area (Å²) in [6.07, 6.45) is 0.460. The lowest BCUT2D eigenvalue weighted by Gasteiger charge is -2.09. The van der Waals surface area contributed by atoms with E-state index in [1.165, 1.54) is 0 Å². The van der Waals surface area contributed by atoms with Crippen molar-refractivity contribution in [1.29, 1.82) is 0 Å². The van der Waals surface area contributed by atoms with Gasteiger partial charge in [0.15, 0.2) is 12.4 Å². The van der Waals surface area contributed by atoms with Gasteiger partial charge in [0.25, 0.3) is 5.91 Å². The molecule has 1 N–H and O–H groups in total. The lowest BCUT2D eigenvalue weighted by atomic mass is 10.1. The van der Waals surface area contributed by atoms with Gasteiger partial charge in [0.05, 0.1) is 13.7 Å². The van der Waals surface area contributed by atoms with Crippen LogP contribution in [0, 0.1) is 0 Å². The number of carbonyl (C=O) groups excluding carboxylic acids is 2. The monoisotopic (exact) mass is 357 g/mol. The van der Waals surface area contributed by atoms with Gasteiger partial charge in [-0.2, -0.15) is 0 Å². The fourth-order valence-corrected chi connectivity index (χ4v) is 2.17. The molecule has 26 heavy (non-hydrogen) atoms. The molecule has 0 spiro atoms.